The van der Waals surface area contributed by atoms with Crippen LogP contribution >= 0.6 is 0 Å². The summed E-state index contributed by atoms with van der Waals surface area (Å²) >= 11 is 0. The fraction of sp³-hybridized carbons (Fsp3) is 0.263. The lowest BCUT2D eigenvalue weighted by Gasteiger charge is -2.10. The minimum Gasteiger partial charge on any atom is -0.496 e. The third-order valence-electron chi connectivity index (χ3n) is 3.79. The van der Waals surface area contributed by atoms with E-state index in [1.54, 1.807) is 12.1 Å². The molecule has 0 bridgehead atoms. The van der Waals surface area contributed by atoms with Gasteiger partial charge in [-0.25, -0.2) is 4.39 Å². The van der Waals surface area contributed by atoms with Crippen molar-refractivity contribution in [3.63, 3.8) is 0 Å². The van der Waals surface area contributed by atoms with Crippen molar-refractivity contribution in [1.29, 1.82) is 0 Å². The number of amides is 1. The summed E-state index contributed by atoms with van der Waals surface area (Å²) in [5, 5.41) is 2.50. The smallest absolute Gasteiger partial charge is 0.325 e. The second-order valence-corrected chi connectivity index (χ2v) is 5.60. The number of nitrogens with one attached hydrogen (secondary N) is 1. The summed E-state index contributed by atoms with van der Waals surface area (Å²) < 4.78 is 23.4. The van der Waals surface area contributed by atoms with Gasteiger partial charge in [0.1, 0.15) is 24.7 Å². The molecule has 0 heterocycles. The van der Waals surface area contributed by atoms with E-state index in [1.165, 1.54) is 25.3 Å². The number of methoxy groups -OCH3 is 1. The zero-order chi connectivity index (χ0) is 18.4. The summed E-state index contributed by atoms with van der Waals surface area (Å²) in [4.78, 5) is 23.8. The lowest BCUT2D eigenvalue weighted by atomic mass is 10.1. The Hall–Kier alpha value is -2.89. The van der Waals surface area contributed by atoms with E-state index < -0.39 is 11.8 Å². The van der Waals surface area contributed by atoms with Gasteiger partial charge in [-0.1, -0.05) is 6.07 Å². The topological polar surface area (TPSA) is 64.6 Å². The fourth-order valence-electron chi connectivity index (χ4n) is 2.21. The van der Waals surface area contributed by atoms with E-state index in [2.05, 4.69) is 5.32 Å². The lowest BCUT2D eigenvalue weighted by molar-refractivity contribution is -0.143. The zero-order valence-electron chi connectivity index (χ0n) is 14.4. The van der Waals surface area contributed by atoms with Gasteiger partial charge >= 0.3 is 5.97 Å². The molecule has 2 aromatic rings. The third kappa shape index (κ3) is 5.04. The van der Waals surface area contributed by atoms with Gasteiger partial charge in [0.25, 0.3) is 5.91 Å². The number of benzene rings is 2. The molecule has 0 unspecified atom stereocenters. The minimum atomic E-state index is -0.622. The van der Waals surface area contributed by atoms with Gasteiger partial charge < -0.3 is 14.8 Å². The molecule has 1 amide bonds. The molecule has 25 heavy (non-hydrogen) atoms. The lowest BCUT2D eigenvalue weighted by Crippen LogP contribution is -2.30. The number of carbonyl (C=O) groups is 2. The third-order valence-corrected chi connectivity index (χ3v) is 3.79. The Morgan fingerprint density at radius 3 is 2.52 bits per heavy atom. The molecule has 6 heteroatoms. The first-order chi connectivity index (χ1) is 11.9. The van der Waals surface area contributed by atoms with E-state index in [0.717, 1.165) is 11.1 Å². The van der Waals surface area contributed by atoms with Crippen LogP contribution < -0.4 is 10.1 Å². The molecule has 0 fully saturated rings. The number of aryl methyl sites for hydroxylation is 2. The van der Waals surface area contributed by atoms with Gasteiger partial charge in [-0.15, -0.1) is 0 Å². The van der Waals surface area contributed by atoms with Crippen molar-refractivity contribution in [2.75, 3.05) is 13.7 Å². The molecule has 0 aliphatic rings. The van der Waals surface area contributed by atoms with Gasteiger partial charge in [0, 0.05) is 11.1 Å². The first-order valence-electron chi connectivity index (χ1n) is 7.74. The highest BCUT2D eigenvalue weighted by Crippen LogP contribution is 2.20. The van der Waals surface area contributed by atoms with Gasteiger partial charge in [-0.3, -0.25) is 9.59 Å². The Bertz CT molecular complexity index is 789. The molecule has 0 aliphatic carbocycles. The molecule has 5 nitrogen and oxygen atoms in total. The van der Waals surface area contributed by atoms with Gasteiger partial charge in [-0.2, -0.15) is 0 Å². The van der Waals surface area contributed by atoms with E-state index >= 15 is 0 Å². The number of esters is 1. The minimum absolute atomic E-state index is 0.140. The van der Waals surface area contributed by atoms with Gasteiger partial charge in [0.15, 0.2) is 0 Å². The van der Waals surface area contributed by atoms with Gasteiger partial charge in [-0.05, 0) is 55.3 Å². The molecule has 1 N–H and O–H groups in total. The summed E-state index contributed by atoms with van der Waals surface area (Å²) in [7, 11) is 1.45. The van der Waals surface area contributed by atoms with Crippen LogP contribution in [0.5, 0.6) is 5.75 Å². The maximum absolute atomic E-state index is 13.3. The Morgan fingerprint density at radius 1 is 1.08 bits per heavy atom. The number of halogens is 1. The molecule has 2 aromatic carbocycles. The van der Waals surface area contributed by atoms with Gasteiger partial charge in [0.2, 0.25) is 0 Å². The molecule has 0 saturated heterocycles. The van der Waals surface area contributed by atoms with Crippen molar-refractivity contribution >= 4 is 11.9 Å². The second kappa shape index (κ2) is 8.28. The Kier molecular flexibility index (Phi) is 6.11. The first-order valence-corrected chi connectivity index (χ1v) is 7.74. The molecule has 0 atom stereocenters. The number of carbonyl (C=O) groups excluding carboxylic acids is 2. The fourth-order valence-corrected chi connectivity index (χ4v) is 2.21. The molecule has 0 radical (unpaired) electrons. The number of rotatable bonds is 6. The SMILES string of the molecule is COc1ccc(F)cc1COC(=O)CNC(=O)c1ccc(C)c(C)c1. The summed E-state index contributed by atoms with van der Waals surface area (Å²) in [5.41, 5.74) is 2.97. The van der Waals surface area contributed by atoms with Crippen molar-refractivity contribution < 1.29 is 23.5 Å². The largest absolute Gasteiger partial charge is 0.496 e. The quantitative estimate of drug-likeness (QED) is 0.818. The number of hydrogen-bond acceptors (Lipinski definition) is 4. The second-order valence-electron chi connectivity index (χ2n) is 5.60. The summed E-state index contributed by atoms with van der Waals surface area (Å²) in [5.74, 6) is -1.00. The predicted octanol–water partition coefficient (Wildman–Crippen LogP) is 2.92. The van der Waals surface area contributed by atoms with Crippen LogP contribution in [0.2, 0.25) is 0 Å². The monoisotopic (exact) mass is 345 g/mol. The van der Waals surface area contributed by atoms with Crippen LogP contribution in [0.15, 0.2) is 36.4 Å². The molecular formula is C19H20FNO4. The number of ether oxygens (including phenoxy) is 2. The van der Waals surface area contributed by atoms with E-state index in [0.29, 0.717) is 16.9 Å². The van der Waals surface area contributed by atoms with Gasteiger partial charge in [0.05, 0.1) is 7.11 Å². The van der Waals surface area contributed by atoms with Crippen molar-refractivity contribution in [2.24, 2.45) is 0 Å². The van der Waals surface area contributed by atoms with Crippen LogP contribution in [-0.4, -0.2) is 25.5 Å². The maximum Gasteiger partial charge on any atom is 0.325 e. The van der Waals surface area contributed by atoms with Crippen LogP contribution in [0, 0.1) is 19.7 Å². The number of hydrogen-bond donors (Lipinski definition) is 1. The van der Waals surface area contributed by atoms with E-state index in [1.807, 2.05) is 19.9 Å². The van der Waals surface area contributed by atoms with Crippen LogP contribution in [-0.2, 0) is 16.1 Å². The molecule has 0 aromatic heterocycles. The first kappa shape index (κ1) is 18.4. The van der Waals surface area contributed by atoms with Crippen LogP contribution in [0.25, 0.3) is 0 Å². The molecular weight excluding hydrogens is 325 g/mol. The summed E-state index contributed by atoms with van der Waals surface area (Å²) in [6.07, 6.45) is 0. The van der Waals surface area contributed by atoms with E-state index in [-0.39, 0.29) is 19.1 Å². The van der Waals surface area contributed by atoms with Crippen molar-refractivity contribution in [3.05, 3.63) is 64.5 Å². The normalized spacial score (nSPS) is 10.2. The van der Waals surface area contributed by atoms with E-state index in [9.17, 15) is 14.0 Å². The Balaban J connectivity index is 1.87. The maximum atomic E-state index is 13.3. The van der Waals surface area contributed by atoms with Crippen molar-refractivity contribution in [2.45, 2.75) is 20.5 Å². The van der Waals surface area contributed by atoms with Crippen LogP contribution in [0.4, 0.5) is 4.39 Å². The van der Waals surface area contributed by atoms with Crippen LogP contribution in [0.1, 0.15) is 27.0 Å². The highest BCUT2D eigenvalue weighted by molar-refractivity contribution is 5.96. The average molecular weight is 345 g/mol. The van der Waals surface area contributed by atoms with Crippen molar-refractivity contribution in [3.8, 4) is 5.75 Å². The molecule has 0 saturated carbocycles. The summed E-state index contributed by atoms with van der Waals surface area (Å²) in [6, 6.07) is 9.25. The predicted molar refractivity (Wildman–Crippen MR) is 91.0 cm³/mol. The van der Waals surface area contributed by atoms with Crippen molar-refractivity contribution in [1.82, 2.24) is 5.32 Å². The highest BCUT2D eigenvalue weighted by atomic mass is 19.1. The molecule has 132 valence electrons. The highest BCUT2D eigenvalue weighted by Gasteiger charge is 2.11. The standard InChI is InChI=1S/C19H20FNO4/c1-12-4-5-14(8-13(12)2)19(23)21-10-18(22)25-11-15-9-16(20)6-7-17(15)24-3/h4-9H,10-11H2,1-3H3,(H,21,23). The Labute approximate surface area is 145 Å². The van der Waals surface area contributed by atoms with E-state index in [4.69, 9.17) is 9.47 Å². The molecule has 0 aliphatic heterocycles. The Morgan fingerprint density at radius 2 is 1.84 bits per heavy atom. The molecule has 2 rings (SSSR count). The average Bonchev–Trinajstić information content (AvgIpc) is 2.60. The van der Waals surface area contributed by atoms with Crippen LogP contribution in [0.3, 0.4) is 0 Å². The zero-order valence-corrected chi connectivity index (χ0v) is 14.4. The summed E-state index contributed by atoms with van der Waals surface area (Å²) in [6.45, 7) is 3.45. The molecule has 0 spiro atoms.